The summed E-state index contributed by atoms with van der Waals surface area (Å²) in [4.78, 5) is 33.2. The van der Waals surface area contributed by atoms with E-state index >= 15 is 0 Å². The van der Waals surface area contributed by atoms with Gasteiger partial charge in [-0.1, -0.05) is 37.5 Å². The first-order valence-corrected chi connectivity index (χ1v) is 19.6. The highest BCUT2D eigenvalue weighted by molar-refractivity contribution is 7.87. The lowest BCUT2D eigenvalue weighted by molar-refractivity contribution is -0.136. The lowest BCUT2D eigenvalue weighted by Crippen LogP contribution is -2.43. The van der Waals surface area contributed by atoms with Crippen LogP contribution in [0.4, 0.5) is 0 Å². The molecule has 9 rings (SSSR count). The molecule has 3 aliphatic carbocycles. The van der Waals surface area contributed by atoms with Crippen molar-refractivity contribution in [3.8, 4) is 5.75 Å². The number of amides is 2. The van der Waals surface area contributed by atoms with Gasteiger partial charge in [0.2, 0.25) is 5.91 Å². The van der Waals surface area contributed by atoms with E-state index in [-0.39, 0.29) is 28.6 Å². The van der Waals surface area contributed by atoms with E-state index in [9.17, 15) is 18.0 Å². The highest BCUT2D eigenvalue weighted by Crippen LogP contribution is 2.58. The van der Waals surface area contributed by atoms with Gasteiger partial charge in [0.15, 0.2) is 0 Å². The van der Waals surface area contributed by atoms with Gasteiger partial charge in [-0.05, 0) is 66.6 Å². The molecule has 2 amide bonds. The van der Waals surface area contributed by atoms with Gasteiger partial charge in [0, 0.05) is 74.6 Å². The maximum atomic E-state index is 15.0. The predicted octanol–water partition coefficient (Wildman–Crippen LogP) is 3.69. The van der Waals surface area contributed by atoms with E-state index in [0.29, 0.717) is 50.8 Å². The van der Waals surface area contributed by atoms with Gasteiger partial charge in [-0.3, -0.25) is 9.59 Å². The Morgan fingerprint density at radius 1 is 1.04 bits per heavy atom. The fourth-order valence-corrected chi connectivity index (χ4v) is 11.3. The molecule has 7 aliphatic rings. The van der Waals surface area contributed by atoms with Crippen molar-refractivity contribution in [2.75, 3.05) is 67.6 Å². The normalized spacial score (nSPS) is 30.7. The van der Waals surface area contributed by atoms with Crippen LogP contribution >= 0.6 is 0 Å². The highest BCUT2D eigenvalue weighted by Gasteiger charge is 2.66. The minimum atomic E-state index is -3.99. The summed E-state index contributed by atoms with van der Waals surface area (Å²) in [6, 6.07) is 6.53. The summed E-state index contributed by atoms with van der Waals surface area (Å²) in [6.45, 7) is 5.04. The lowest BCUT2D eigenvalue weighted by Gasteiger charge is -2.34. The number of likely N-dealkylation sites (tertiary alicyclic amines) is 2. The second kappa shape index (κ2) is 11.3. The number of benzene rings is 1. The molecule has 4 fully saturated rings. The molecule has 1 saturated carbocycles. The molecule has 1 aromatic carbocycles. The van der Waals surface area contributed by atoms with Gasteiger partial charge in [0.1, 0.15) is 5.75 Å². The molecule has 0 spiro atoms. The van der Waals surface area contributed by atoms with Crippen LogP contribution in [0.2, 0.25) is 0 Å². The van der Waals surface area contributed by atoms with Crippen molar-refractivity contribution in [3.05, 3.63) is 63.9 Å². The van der Waals surface area contributed by atoms with E-state index in [1.807, 2.05) is 0 Å². The van der Waals surface area contributed by atoms with Gasteiger partial charge >= 0.3 is 10.2 Å². The molecule has 11 nitrogen and oxygen atoms in total. The van der Waals surface area contributed by atoms with Crippen molar-refractivity contribution in [3.63, 3.8) is 0 Å². The van der Waals surface area contributed by atoms with Gasteiger partial charge in [-0.25, -0.2) is 4.72 Å². The van der Waals surface area contributed by atoms with Crippen molar-refractivity contribution in [1.29, 1.82) is 0 Å². The van der Waals surface area contributed by atoms with Crippen LogP contribution in [0.3, 0.4) is 0 Å². The number of fused-ring (bicyclic) bond motifs is 6. The predicted molar refractivity (Wildman–Crippen MR) is 189 cm³/mol. The van der Waals surface area contributed by atoms with Gasteiger partial charge in [-0.15, -0.1) is 0 Å². The Labute approximate surface area is 294 Å². The summed E-state index contributed by atoms with van der Waals surface area (Å²) in [5, 5.41) is 1.03. The molecule has 0 radical (unpaired) electrons. The van der Waals surface area contributed by atoms with Crippen molar-refractivity contribution >= 4 is 32.9 Å². The Morgan fingerprint density at radius 3 is 2.44 bits per heavy atom. The smallest absolute Gasteiger partial charge is 0.303 e. The maximum Gasteiger partial charge on any atom is 0.303 e. The zero-order valence-corrected chi connectivity index (χ0v) is 30.3. The van der Waals surface area contributed by atoms with Crippen molar-refractivity contribution in [2.45, 2.75) is 56.9 Å². The van der Waals surface area contributed by atoms with Crippen LogP contribution in [0.5, 0.6) is 5.75 Å². The van der Waals surface area contributed by atoms with Crippen LogP contribution in [-0.2, 0) is 31.1 Å². The molecule has 50 heavy (non-hydrogen) atoms. The molecule has 0 bridgehead atoms. The average Bonchev–Trinajstić information content (AvgIpc) is 3.22. The maximum absolute atomic E-state index is 15.0. The summed E-state index contributed by atoms with van der Waals surface area (Å²) < 4.78 is 43.2. The summed E-state index contributed by atoms with van der Waals surface area (Å²) >= 11 is 0. The average molecular weight is 702 g/mol. The molecular weight excluding hydrogens is 655 g/mol. The highest BCUT2D eigenvalue weighted by atomic mass is 32.2. The van der Waals surface area contributed by atoms with Crippen LogP contribution in [0.15, 0.2) is 52.6 Å². The largest absolute Gasteiger partial charge is 0.496 e. The topological polar surface area (TPSA) is 113 Å². The second-order valence-electron chi connectivity index (χ2n) is 16.2. The van der Waals surface area contributed by atoms with Gasteiger partial charge in [0.05, 0.1) is 37.3 Å². The summed E-state index contributed by atoms with van der Waals surface area (Å²) in [6.07, 6.45) is 10.6. The van der Waals surface area contributed by atoms with E-state index in [1.54, 1.807) is 7.11 Å². The van der Waals surface area contributed by atoms with Gasteiger partial charge in [0.25, 0.3) is 5.91 Å². The lowest BCUT2D eigenvalue weighted by atomic mass is 9.71. The number of aromatic nitrogens is 1. The Morgan fingerprint density at radius 2 is 1.76 bits per heavy atom. The summed E-state index contributed by atoms with van der Waals surface area (Å²) in [5.74, 6) is 0.0682. The number of allylic oxidation sites excluding steroid dienone is 4. The standard InChI is InChI=1S/C38H47N5O6S/c1-40(2)50(46,47)39-35(44)33-28-16-43-29(15-27-30(48-4)14-13-24(34(27)43)23-9-6-5-7-10-23)31-25(32(28)33)11-8-12-26(31)36(45)42-19-37-17-41(3)18-38(37,20-42)22-49-21-37/h8,11,13-15,23,26,31H,5-7,9-10,12,16-22H2,1-4H3,(H,39,44)/t26-,31?,37?,38?/m1/s1. The first kappa shape index (κ1) is 32.5. The van der Waals surface area contributed by atoms with E-state index in [2.05, 4.69) is 56.5 Å². The first-order valence-electron chi connectivity index (χ1n) is 18.1. The van der Waals surface area contributed by atoms with Crippen LogP contribution in [-0.4, -0.2) is 107 Å². The third-order valence-electron chi connectivity index (χ3n) is 13.1. The van der Waals surface area contributed by atoms with E-state index in [1.165, 1.54) is 38.9 Å². The number of hydrogen-bond acceptors (Lipinski definition) is 7. The van der Waals surface area contributed by atoms with Crippen LogP contribution < -0.4 is 9.46 Å². The number of ether oxygens (including phenoxy) is 2. The molecule has 4 atom stereocenters. The zero-order chi connectivity index (χ0) is 34.7. The van der Waals surface area contributed by atoms with E-state index < -0.39 is 16.1 Å². The van der Waals surface area contributed by atoms with Crippen molar-refractivity contribution in [1.82, 2.24) is 23.4 Å². The number of nitrogens with zero attached hydrogens (tertiary/aromatic N) is 4. The monoisotopic (exact) mass is 701 g/mol. The molecular formula is C38H47N5O6S. The first-order chi connectivity index (χ1) is 24.0. The molecule has 5 heterocycles. The zero-order valence-electron chi connectivity index (χ0n) is 29.5. The molecule has 3 unspecified atom stereocenters. The number of carbonyl (C=O) groups excluding carboxylic acids is 2. The van der Waals surface area contributed by atoms with Crippen molar-refractivity contribution < 1.29 is 27.5 Å². The Bertz CT molecular complexity index is 2020. The molecule has 1 aromatic heterocycles. The number of nitrogens with one attached hydrogen (secondary N) is 1. The van der Waals surface area contributed by atoms with E-state index in [4.69, 9.17) is 9.47 Å². The third kappa shape index (κ3) is 4.60. The minimum Gasteiger partial charge on any atom is -0.496 e. The summed E-state index contributed by atoms with van der Waals surface area (Å²) in [7, 11) is 2.68. The number of hydrogen-bond donors (Lipinski definition) is 1. The molecule has 266 valence electrons. The van der Waals surface area contributed by atoms with Crippen LogP contribution in [0, 0.1) is 16.7 Å². The number of carbonyl (C=O) groups is 2. The Balaban J connectivity index is 1.18. The van der Waals surface area contributed by atoms with Crippen molar-refractivity contribution in [2.24, 2.45) is 16.7 Å². The van der Waals surface area contributed by atoms with E-state index in [0.717, 1.165) is 69.3 Å². The SMILES string of the molecule is COc1ccc(C2CCCCC2)c2c1cc1n2CC2=C(C(=O)NS(=O)(=O)N(C)C)C2=C2C=CC[C@@H](C(=O)N3CC45COCC4(CN(C)C5)C3)C21. The van der Waals surface area contributed by atoms with Crippen LogP contribution in [0.1, 0.15) is 61.6 Å². The molecule has 4 aliphatic heterocycles. The second-order valence-corrected chi connectivity index (χ2v) is 18.0. The molecule has 12 heteroatoms. The molecule has 3 saturated heterocycles. The minimum absolute atomic E-state index is 0.0434. The molecule has 1 N–H and O–H groups in total. The number of methoxy groups -OCH3 is 1. The fraction of sp³-hybridized carbons (Fsp3) is 0.579. The Hall–Kier alpha value is -3.45. The van der Waals surface area contributed by atoms with Crippen LogP contribution in [0.25, 0.3) is 10.9 Å². The number of rotatable bonds is 6. The quantitative estimate of drug-likeness (QED) is 0.489. The Kier molecular flexibility index (Phi) is 7.32. The fourth-order valence-electron chi connectivity index (χ4n) is 10.7. The van der Waals surface area contributed by atoms with Gasteiger partial charge in [-0.2, -0.15) is 12.7 Å². The van der Waals surface area contributed by atoms with Gasteiger partial charge < -0.3 is 23.8 Å². The molecule has 2 aromatic rings. The summed E-state index contributed by atoms with van der Waals surface area (Å²) in [5.41, 5.74) is 6.36. The third-order valence-corrected chi connectivity index (χ3v) is 14.5.